The summed E-state index contributed by atoms with van der Waals surface area (Å²) < 4.78 is 5.89. The van der Waals surface area contributed by atoms with Crippen LogP contribution in [0.2, 0.25) is 0 Å². The highest BCUT2D eigenvalue weighted by molar-refractivity contribution is 8.01. The van der Waals surface area contributed by atoms with Gasteiger partial charge in [-0.1, -0.05) is 29.2 Å². The van der Waals surface area contributed by atoms with Gasteiger partial charge in [0.1, 0.15) is 6.10 Å². The summed E-state index contributed by atoms with van der Waals surface area (Å²) in [6.07, 6.45) is 2.27. The fourth-order valence-electron chi connectivity index (χ4n) is 1.08. The molecule has 7 heteroatoms. The Morgan fingerprint density at radius 3 is 3.19 bits per heavy atom. The van der Waals surface area contributed by atoms with E-state index in [-0.39, 0.29) is 12.0 Å². The summed E-state index contributed by atoms with van der Waals surface area (Å²) in [5.74, 6) is 0.650. The Morgan fingerprint density at radius 1 is 1.75 bits per heavy atom. The van der Waals surface area contributed by atoms with Crippen LogP contribution < -0.4 is 5.32 Å². The molecule has 1 unspecified atom stereocenters. The van der Waals surface area contributed by atoms with E-state index in [9.17, 15) is 4.79 Å². The zero-order chi connectivity index (χ0) is 11.4. The molecule has 86 valence electrons. The van der Waals surface area contributed by atoms with Gasteiger partial charge in [-0.3, -0.25) is 10.1 Å². The van der Waals surface area contributed by atoms with Crippen molar-refractivity contribution in [1.29, 1.82) is 0 Å². The lowest BCUT2D eigenvalue weighted by Crippen LogP contribution is -2.38. The van der Waals surface area contributed by atoms with Crippen LogP contribution in [0.4, 0.5) is 5.13 Å². The zero-order valence-corrected chi connectivity index (χ0v) is 10.1. The van der Waals surface area contributed by atoms with Crippen molar-refractivity contribution >= 4 is 34.1 Å². The second-order valence-corrected chi connectivity index (χ2v) is 5.35. The molecule has 1 amide bonds. The van der Waals surface area contributed by atoms with Crippen molar-refractivity contribution in [3.63, 3.8) is 0 Å². The average molecular weight is 257 g/mol. The number of hydrogen-bond acceptors (Lipinski definition) is 6. The molecule has 1 aliphatic heterocycles. The molecule has 16 heavy (non-hydrogen) atoms. The lowest BCUT2D eigenvalue weighted by molar-refractivity contribution is -0.139. The average Bonchev–Trinajstić information content (AvgIpc) is 2.59. The minimum absolute atomic E-state index is 0.136. The first-order valence-electron chi connectivity index (χ1n) is 4.79. The number of ether oxygens (including phenoxy) is 1. The molecule has 0 aromatic carbocycles. The molecule has 2 rings (SSSR count). The predicted octanol–water partition coefficient (Wildman–Crippen LogP) is 1.54. The third kappa shape index (κ3) is 2.81. The maximum absolute atomic E-state index is 11.5. The number of nitrogens with zero attached hydrogens (tertiary/aromatic N) is 2. The largest absolute Gasteiger partial charge is 0.368 e. The molecule has 2 heterocycles. The monoisotopic (exact) mass is 257 g/mol. The predicted molar refractivity (Wildman–Crippen MR) is 63.8 cm³/mol. The molecule has 0 spiro atoms. The van der Waals surface area contributed by atoms with Gasteiger partial charge in [-0.05, 0) is 0 Å². The second kappa shape index (κ2) is 5.42. The molecule has 1 aromatic rings. The van der Waals surface area contributed by atoms with E-state index in [1.807, 2.05) is 0 Å². The number of anilines is 1. The fourth-order valence-corrected chi connectivity index (χ4v) is 2.59. The van der Waals surface area contributed by atoms with Crippen LogP contribution in [0.25, 0.3) is 0 Å². The minimum atomic E-state index is -0.312. The minimum Gasteiger partial charge on any atom is -0.368 e. The van der Waals surface area contributed by atoms with E-state index in [2.05, 4.69) is 22.1 Å². The number of amides is 1. The third-order valence-corrected chi connectivity index (χ3v) is 3.92. The summed E-state index contributed by atoms with van der Waals surface area (Å²) in [6.45, 7) is 4.28. The Balaban J connectivity index is 1.86. The van der Waals surface area contributed by atoms with Gasteiger partial charge in [0.2, 0.25) is 5.13 Å². The summed E-state index contributed by atoms with van der Waals surface area (Å²) in [7, 11) is 0. The van der Waals surface area contributed by atoms with Gasteiger partial charge in [0.15, 0.2) is 4.34 Å². The van der Waals surface area contributed by atoms with Gasteiger partial charge >= 0.3 is 0 Å². The van der Waals surface area contributed by atoms with Crippen molar-refractivity contribution in [2.24, 2.45) is 0 Å². The summed E-state index contributed by atoms with van der Waals surface area (Å²) in [4.78, 5) is 11.5. The number of thioether (sulfide) groups is 1. The number of nitrogens with one attached hydrogen (secondary N) is 1. The Morgan fingerprint density at radius 2 is 2.56 bits per heavy atom. The zero-order valence-electron chi connectivity index (χ0n) is 8.51. The van der Waals surface area contributed by atoms with Crippen LogP contribution in [0.5, 0.6) is 0 Å². The standard InChI is InChI=1S/C9H11N3O2S2/c1-2-5-15-9-12-11-8(16-9)10-7(13)6-3-4-14-6/h2,6H,1,3-5H2,(H,10,11,13). The van der Waals surface area contributed by atoms with Gasteiger partial charge in [0, 0.05) is 12.2 Å². The van der Waals surface area contributed by atoms with Crippen LogP contribution in [0.1, 0.15) is 6.42 Å². The van der Waals surface area contributed by atoms with Crippen molar-refractivity contribution in [3.05, 3.63) is 12.7 Å². The van der Waals surface area contributed by atoms with E-state index in [0.717, 1.165) is 16.5 Å². The third-order valence-electron chi connectivity index (χ3n) is 1.95. The normalized spacial score (nSPS) is 18.9. The topological polar surface area (TPSA) is 64.1 Å². The van der Waals surface area contributed by atoms with E-state index in [0.29, 0.717) is 11.7 Å². The van der Waals surface area contributed by atoms with Gasteiger partial charge in [0.05, 0.1) is 6.61 Å². The fraction of sp³-hybridized carbons (Fsp3) is 0.444. The maximum atomic E-state index is 11.5. The number of carbonyl (C=O) groups is 1. The number of aromatic nitrogens is 2. The van der Waals surface area contributed by atoms with Crippen LogP contribution >= 0.6 is 23.1 Å². The molecule has 0 aliphatic carbocycles. The molecule has 1 fully saturated rings. The van der Waals surface area contributed by atoms with Gasteiger partial charge in [-0.15, -0.1) is 16.8 Å². The van der Waals surface area contributed by atoms with Crippen molar-refractivity contribution in [3.8, 4) is 0 Å². The summed E-state index contributed by atoms with van der Waals surface area (Å²) >= 11 is 2.90. The van der Waals surface area contributed by atoms with E-state index < -0.39 is 0 Å². The van der Waals surface area contributed by atoms with Crippen LogP contribution in [0.15, 0.2) is 17.0 Å². The van der Waals surface area contributed by atoms with Crippen LogP contribution in [-0.4, -0.2) is 34.6 Å². The van der Waals surface area contributed by atoms with E-state index in [1.54, 1.807) is 17.8 Å². The molecular weight excluding hydrogens is 246 g/mol. The quantitative estimate of drug-likeness (QED) is 0.492. The molecule has 0 saturated carbocycles. The smallest absolute Gasteiger partial charge is 0.255 e. The highest BCUT2D eigenvalue weighted by atomic mass is 32.2. The van der Waals surface area contributed by atoms with E-state index in [4.69, 9.17) is 4.74 Å². The molecule has 0 bridgehead atoms. The van der Waals surface area contributed by atoms with Crippen molar-refractivity contribution in [2.45, 2.75) is 16.9 Å². The Hall–Kier alpha value is -0.920. The summed E-state index contributed by atoms with van der Waals surface area (Å²) in [6, 6.07) is 0. The summed E-state index contributed by atoms with van der Waals surface area (Å²) in [5.41, 5.74) is 0. The first-order chi connectivity index (χ1) is 7.79. The molecule has 1 saturated heterocycles. The molecule has 1 aromatic heterocycles. The Kier molecular flexibility index (Phi) is 3.92. The molecule has 5 nitrogen and oxygen atoms in total. The lowest BCUT2D eigenvalue weighted by atomic mass is 10.2. The number of hydrogen-bond donors (Lipinski definition) is 1. The van der Waals surface area contributed by atoms with Crippen molar-refractivity contribution in [2.75, 3.05) is 17.7 Å². The second-order valence-electron chi connectivity index (χ2n) is 3.11. The van der Waals surface area contributed by atoms with Gasteiger partial charge < -0.3 is 4.74 Å². The molecular formula is C9H11N3O2S2. The molecule has 1 atom stereocenters. The highest BCUT2D eigenvalue weighted by Gasteiger charge is 2.27. The highest BCUT2D eigenvalue weighted by Crippen LogP contribution is 2.25. The Bertz CT molecular complexity index is 390. The molecule has 1 N–H and O–H groups in total. The molecule has 1 aliphatic rings. The lowest BCUT2D eigenvalue weighted by Gasteiger charge is -2.24. The number of rotatable bonds is 5. The first-order valence-corrected chi connectivity index (χ1v) is 6.59. The maximum Gasteiger partial charge on any atom is 0.255 e. The SMILES string of the molecule is C=CCSc1nnc(NC(=O)C2CCO2)s1. The first kappa shape index (κ1) is 11.6. The van der Waals surface area contributed by atoms with Gasteiger partial charge in [0.25, 0.3) is 5.91 Å². The van der Waals surface area contributed by atoms with E-state index >= 15 is 0 Å². The van der Waals surface area contributed by atoms with Crippen molar-refractivity contribution < 1.29 is 9.53 Å². The Labute approximate surface area is 101 Å². The van der Waals surface area contributed by atoms with Crippen LogP contribution in [0, 0.1) is 0 Å². The van der Waals surface area contributed by atoms with Crippen LogP contribution in [0.3, 0.4) is 0 Å². The van der Waals surface area contributed by atoms with E-state index in [1.165, 1.54) is 11.3 Å². The van der Waals surface area contributed by atoms with Gasteiger partial charge in [-0.2, -0.15) is 0 Å². The van der Waals surface area contributed by atoms with Gasteiger partial charge in [-0.25, -0.2) is 0 Å². The van der Waals surface area contributed by atoms with Crippen LogP contribution in [-0.2, 0) is 9.53 Å². The number of carbonyl (C=O) groups excluding carboxylic acids is 1. The summed E-state index contributed by atoms with van der Waals surface area (Å²) in [5, 5.41) is 11.0. The molecule has 0 radical (unpaired) electrons. The van der Waals surface area contributed by atoms with Crippen molar-refractivity contribution in [1.82, 2.24) is 10.2 Å².